The number of rotatable bonds is 8. The molecule has 2 amide bonds. The summed E-state index contributed by atoms with van der Waals surface area (Å²) in [7, 11) is 3.16. The van der Waals surface area contributed by atoms with Crippen molar-refractivity contribution >= 4 is 11.8 Å². The van der Waals surface area contributed by atoms with Crippen LogP contribution in [-0.2, 0) is 9.53 Å². The number of amides is 2. The first-order valence-corrected chi connectivity index (χ1v) is 9.99. The Morgan fingerprint density at radius 2 is 1.93 bits per heavy atom. The molecule has 2 aromatic carbocycles. The highest BCUT2D eigenvalue weighted by Crippen LogP contribution is 2.34. The molecule has 7 heteroatoms. The number of hydrogen-bond acceptors (Lipinski definition) is 4. The van der Waals surface area contributed by atoms with Crippen LogP contribution in [0.5, 0.6) is 5.75 Å². The fourth-order valence-corrected chi connectivity index (χ4v) is 3.81. The molecule has 0 aromatic heterocycles. The fraction of sp³-hybridized carbons (Fsp3) is 0.391. The van der Waals surface area contributed by atoms with Crippen molar-refractivity contribution in [3.05, 3.63) is 65.5 Å². The second-order valence-electron chi connectivity index (χ2n) is 7.35. The molecule has 0 bridgehead atoms. The van der Waals surface area contributed by atoms with Crippen molar-refractivity contribution in [3.8, 4) is 5.75 Å². The molecule has 0 aliphatic carbocycles. The molecule has 1 fully saturated rings. The fourth-order valence-electron chi connectivity index (χ4n) is 3.81. The van der Waals surface area contributed by atoms with Crippen molar-refractivity contribution in [1.82, 2.24) is 10.2 Å². The molecule has 3 rings (SSSR count). The number of halogens is 1. The van der Waals surface area contributed by atoms with Crippen molar-refractivity contribution in [2.75, 3.05) is 40.5 Å². The largest absolute Gasteiger partial charge is 0.497 e. The number of methoxy groups -OCH3 is 2. The number of hydrogen-bond donors (Lipinski definition) is 1. The maximum absolute atomic E-state index is 13.8. The third-order valence-electron chi connectivity index (χ3n) is 5.36. The Hall–Kier alpha value is -2.93. The van der Waals surface area contributed by atoms with E-state index in [9.17, 15) is 14.0 Å². The molecule has 0 saturated carbocycles. The molecule has 0 radical (unpaired) electrons. The van der Waals surface area contributed by atoms with E-state index in [1.807, 2.05) is 0 Å². The topological polar surface area (TPSA) is 67.9 Å². The van der Waals surface area contributed by atoms with Gasteiger partial charge in [-0.15, -0.1) is 0 Å². The smallest absolute Gasteiger partial charge is 0.254 e. The molecule has 1 aliphatic heterocycles. The second-order valence-corrected chi connectivity index (χ2v) is 7.35. The number of likely N-dealkylation sites (tertiary alicyclic amines) is 1. The number of carbonyl (C=O) groups is 2. The van der Waals surface area contributed by atoms with Gasteiger partial charge in [0.15, 0.2) is 0 Å². The van der Waals surface area contributed by atoms with Gasteiger partial charge in [0.1, 0.15) is 11.6 Å². The van der Waals surface area contributed by atoms with Crippen LogP contribution in [0.25, 0.3) is 0 Å². The molecular formula is C23H27FN2O4. The third kappa shape index (κ3) is 5.16. The lowest BCUT2D eigenvalue weighted by Crippen LogP contribution is -2.36. The van der Waals surface area contributed by atoms with Gasteiger partial charge >= 0.3 is 0 Å². The molecule has 0 unspecified atom stereocenters. The van der Waals surface area contributed by atoms with Crippen molar-refractivity contribution in [1.29, 1.82) is 0 Å². The van der Waals surface area contributed by atoms with Gasteiger partial charge in [0, 0.05) is 44.8 Å². The van der Waals surface area contributed by atoms with Gasteiger partial charge in [-0.3, -0.25) is 9.59 Å². The monoisotopic (exact) mass is 414 g/mol. The summed E-state index contributed by atoms with van der Waals surface area (Å²) in [5, 5.41) is 2.92. The molecule has 30 heavy (non-hydrogen) atoms. The summed E-state index contributed by atoms with van der Waals surface area (Å²) in [6, 6.07) is 13.2. The Labute approximate surface area is 176 Å². The average molecular weight is 414 g/mol. The van der Waals surface area contributed by atoms with E-state index in [2.05, 4.69) is 5.32 Å². The van der Waals surface area contributed by atoms with E-state index in [-0.39, 0.29) is 30.1 Å². The zero-order valence-electron chi connectivity index (χ0n) is 17.3. The van der Waals surface area contributed by atoms with Crippen LogP contribution in [0.3, 0.4) is 0 Å². The van der Waals surface area contributed by atoms with E-state index in [1.54, 1.807) is 55.5 Å². The number of carbonyl (C=O) groups excluding carboxylic acids is 2. The van der Waals surface area contributed by atoms with E-state index >= 15 is 0 Å². The summed E-state index contributed by atoms with van der Waals surface area (Å²) in [4.78, 5) is 27.6. The predicted molar refractivity (Wildman–Crippen MR) is 111 cm³/mol. The van der Waals surface area contributed by atoms with Crippen LogP contribution in [0.15, 0.2) is 48.5 Å². The van der Waals surface area contributed by atoms with Crippen molar-refractivity contribution in [3.63, 3.8) is 0 Å². The van der Waals surface area contributed by atoms with E-state index in [0.29, 0.717) is 43.0 Å². The van der Waals surface area contributed by atoms with Gasteiger partial charge in [0.25, 0.3) is 5.91 Å². The Bertz CT molecular complexity index is 889. The number of nitrogens with one attached hydrogen (secondary N) is 1. The minimum Gasteiger partial charge on any atom is -0.497 e. The summed E-state index contributed by atoms with van der Waals surface area (Å²) in [6.45, 7) is 1.66. The first kappa shape index (κ1) is 21.8. The van der Waals surface area contributed by atoms with Crippen LogP contribution in [0.1, 0.15) is 28.3 Å². The number of nitrogens with zero attached hydrogens (tertiary/aromatic N) is 1. The molecule has 160 valence electrons. The summed E-state index contributed by atoms with van der Waals surface area (Å²) in [5.74, 6) is -0.814. The van der Waals surface area contributed by atoms with Crippen LogP contribution in [0.4, 0.5) is 4.39 Å². The molecule has 0 spiro atoms. The lowest BCUT2D eigenvalue weighted by Gasteiger charge is -2.18. The Kier molecular flexibility index (Phi) is 7.41. The molecule has 2 atom stereocenters. The molecule has 1 heterocycles. The SMILES string of the molecule is COCCCNC(=O)[C@H]1CN(C(=O)c2cccc(OC)c2)C[C@H]1c1cccc(F)c1. The first-order valence-electron chi connectivity index (χ1n) is 9.99. The Balaban J connectivity index is 1.80. The number of benzene rings is 2. The zero-order chi connectivity index (χ0) is 21.5. The Morgan fingerprint density at radius 3 is 2.67 bits per heavy atom. The van der Waals surface area contributed by atoms with Gasteiger partial charge in [-0.2, -0.15) is 0 Å². The van der Waals surface area contributed by atoms with Crippen LogP contribution >= 0.6 is 0 Å². The highest BCUT2D eigenvalue weighted by atomic mass is 19.1. The molecule has 2 aromatic rings. The molecule has 1 N–H and O–H groups in total. The average Bonchev–Trinajstić information content (AvgIpc) is 3.22. The second kappa shape index (κ2) is 10.2. The van der Waals surface area contributed by atoms with Crippen molar-refractivity contribution in [2.24, 2.45) is 5.92 Å². The minimum atomic E-state index is -0.455. The van der Waals surface area contributed by atoms with Gasteiger partial charge in [-0.25, -0.2) is 4.39 Å². The molecule has 1 aliphatic rings. The highest BCUT2D eigenvalue weighted by Gasteiger charge is 2.40. The van der Waals surface area contributed by atoms with E-state index in [0.717, 1.165) is 0 Å². The van der Waals surface area contributed by atoms with Crippen LogP contribution in [0.2, 0.25) is 0 Å². The van der Waals surface area contributed by atoms with Gasteiger partial charge in [0.2, 0.25) is 5.91 Å². The summed E-state index contributed by atoms with van der Waals surface area (Å²) < 4.78 is 24.1. The third-order valence-corrected chi connectivity index (χ3v) is 5.36. The highest BCUT2D eigenvalue weighted by molar-refractivity contribution is 5.95. The standard InChI is InChI=1S/C23H27FN2O4/c1-29-11-5-10-25-22(27)21-15-26(14-20(21)16-6-3-8-18(24)12-16)23(28)17-7-4-9-19(13-17)30-2/h3-4,6-9,12-13,20-21H,5,10-11,14-15H2,1-2H3,(H,25,27)/t20-,21-/m0/s1. The van der Waals surface area contributed by atoms with E-state index < -0.39 is 5.92 Å². The first-order chi connectivity index (χ1) is 14.5. The van der Waals surface area contributed by atoms with Crippen LogP contribution in [-0.4, -0.2) is 57.2 Å². The lowest BCUT2D eigenvalue weighted by molar-refractivity contribution is -0.124. The Morgan fingerprint density at radius 1 is 1.13 bits per heavy atom. The normalized spacial score (nSPS) is 18.3. The van der Waals surface area contributed by atoms with E-state index in [1.165, 1.54) is 12.1 Å². The molecular weight excluding hydrogens is 387 g/mol. The maximum atomic E-state index is 13.8. The van der Waals surface area contributed by atoms with Gasteiger partial charge in [-0.05, 0) is 42.3 Å². The molecule has 1 saturated heterocycles. The van der Waals surface area contributed by atoms with Crippen LogP contribution in [0, 0.1) is 11.7 Å². The van der Waals surface area contributed by atoms with Crippen molar-refractivity contribution in [2.45, 2.75) is 12.3 Å². The predicted octanol–water partition coefficient (Wildman–Crippen LogP) is 2.84. The van der Waals surface area contributed by atoms with Crippen LogP contribution < -0.4 is 10.1 Å². The summed E-state index contributed by atoms with van der Waals surface area (Å²) in [6.07, 6.45) is 0.700. The molecule has 6 nitrogen and oxygen atoms in total. The van der Waals surface area contributed by atoms with Crippen molar-refractivity contribution < 1.29 is 23.5 Å². The van der Waals surface area contributed by atoms with Gasteiger partial charge in [0.05, 0.1) is 13.0 Å². The van der Waals surface area contributed by atoms with Gasteiger partial charge < -0.3 is 19.7 Å². The maximum Gasteiger partial charge on any atom is 0.254 e. The lowest BCUT2D eigenvalue weighted by atomic mass is 9.88. The number of ether oxygens (including phenoxy) is 2. The summed E-state index contributed by atoms with van der Waals surface area (Å²) in [5.41, 5.74) is 1.21. The minimum absolute atomic E-state index is 0.138. The zero-order valence-corrected chi connectivity index (χ0v) is 17.3. The van der Waals surface area contributed by atoms with E-state index in [4.69, 9.17) is 9.47 Å². The van der Waals surface area contributed by atoms with Gasteiger partial charge in [-0.1, -0.05) is 18.2 Å². The quantitative estimate of drug-likeness (QED) is 0.675. The summed E-state index contributed by atoms with van der Waals surface area (Å²) >= 11 is 0.